The summed E-state index contributed by atoms with van der Waals surface area (Å²) in [6.45, 7) is 6.76. The molecule has 1 N–H and O–H groups in total. The fraction of sp³-hybridized carbons (Fsp3) is 0.583. The lowest BCUT2D eigenvalue weighted by Crippen LogP contribution is -2.34. The summed E-state index contributed by atoms with van der Waals surface area (Å²) in [4.78, 5) is 13.8. The molecule has 0 aliphatic carbocycles. The third-order valence-corrected chi connectivity index (χ3v) is 4.27. The zero-order chi connectivity index (χ0) is 12.2. The van der Waals surface area contributed by atoms with E-state index in [0.717, 1.165) is 11.3 Å². The molecule has 1 aromatic rings. The first-order valence-corrected chi connectivity index (χ1v) is 6.76. The van der Waals surface area contributed by atoms with E-state index in [2.05, 4.69) is 12.2 Å². The first kappa shape index (κ1) is 13.5. The third-order valence-electron chi connectivity index (χ3n) is 2.32. The van der Waals surface area contributed by atoms with Crippen LogP contribution in [0.2, 0.25) is 0 Å². The first-order chi connectivity index (χ1) is 7.48. The molecule has 0 aromatic carbocycles. The van der Waals surface area contributed by atoms with Crippen LogP contribution in [-0.4, -0.2) is 18.3 Å². The maximum absolute atomic E-state index is 11.8. The second-order valence-corrected chi connectivity index (χ2v) is 6.04. The molecule has 0 spiro atoms. The van der Waals surface area contributed by atoms with E-state index in [4.69, 9.17) is 11.6 Å². The van der Waals surface area contributed by atoms with Gasteiger partial charge in [0.15, 0.2) is 0 Å². The minimum Gasteiger partial charge on any atom is -0.351 e. The van der Waals surface area contributed by atoms with Crippen molar-refractivity contribution in [2.75, 3.05) is 12.4 Å². The van der Waals surface area contributed by atoms with Crippen molar-refractivity contribution in [3.05, 3.63) is 21.9 Å². The Morgan fingerprint density at radius 1 is 1.50 bits per heavy atom. The Morgan fingerprint density at radius 3 is 2.69 bits per heavy atom. The number of alkyl halides is 1. The Bertz CT molecular complexity index is 360. The second kappa shape index (κ2) is 5.69. The molecule has 0 aliphatic heterocycles. The van der Waals surface area contributed by atoms with Gasteiger partial charge in [-0.2, -0.15) is 0 Å². The Hall–Kier alpha value is -0.540. The van der Waals surface area contributed by atoms with E-state index >= 15 is 0 Å². The number of hydrogen-bond acceptors (Lipinski definition) is 2. The first-order valence-electron chi connectivity index (χ1n) is 5.41. The lowest BCUT2D eigenvalue weighted by Gasteiger charge is -2.21. The maximum Gasteiger partial charge on any atom is 0.261 e. The highest BCUT2D eigenvalue weighted by molar-refractivity contribution is 7.14. The van der Waals surface area contributed by atoms with Crippen molar-refractivity contribution in [3.8, 4) is 0 Å². The molecule has 1 amide bonds. The second-order valence-electron chi connectivity index (χ2n) is 4.60. The van der Waals surface area contributed by atoms with Crippen LogP contribution in [0.25, 0.3) is 0 Å². The summed E-state index contributed by atoms with van der Waals surface area (Å²) in [5, 5.41) is 2.91. The van der Waals surface area contributed by atoms with Crippen LogP contribution in [-0.2, 0) is 6.42 Å². The maximum atomic E-state index is 11.8. The lowest BCUT2D eigenvalue weighted by molar-refractivity contribution is 0.0944. The molecule has 0 fully saturated rings. The number of thiophene rings is 1. The van der Waals surface area contributed by atoms with Crippen molar-refractivity contribution in [1.82, 2.24) is 5.32 Å². The van der Waals surface area contributed by atoms with Gasteiger partial charge in [-0.1, -0.05) is 20.8 Å². The van der Waals surface area contributed by atoms with Crippen molar-refractivity contribution < 1.29 is 4.79 Å². The molecule has 0 bridgehead atoms. The van der Waals surface area contributed by atoms with Gasteiger partial charge in [-0.15, -0.1) is 22.9 Å². The van der Waals surface area contributed by atoms with Gasteiger partial charge in [0.1, 0.15) is 0 Å². The molecule has 0 saturated carbocycles. The smallest absolute Gasteiger partial charge is 0.261 e. The third kappa shape index (κ3) is 3.80. The molecule has 0 atom stereocenters. The summed E-state index contributed by atoms with van der Waals surface area (Å²) in [5.41, 5.74) is -0.0535. The predicted molar refractivity (Wildman–Crippen MR) is 70.5 cm³/mol. The van der Waals surface area contributed by atoms with Crippen molar-refractivity contribution in [2.45, 2.75) is 27.2 Å². The molecule has 4 heteroatoms. The van der Waals surface area contributed by atoms with Crippen molar-refractivity contribution in [2.24, 2.45) is 5.41 Å². The Kier molecular flexibility index (Phi) is 4.81. The monoisotopic (exact) mass is 259 g/mol. The predicted octanol–water partition coefficient (Wildman–Crippen LogP) is 3.31. The molecule has 0 unspecified atom stereocenters. The van der Waals surface area contributed by atoms with Crippen LogP contribution in [0.1, 0.15) is 35.3 Å². The van der Waals surface area contributed by atoms with Crippen molar-refractivity contribution in [1.29, 1.82) is 0 Å². The van der Waals surface area contributed by atoms with E-state index in [9.17, 15) is 4.79 Å². The minimum absolute atomic E-state index is 0.00268. The van der Waals surface area contributed by atoms with E-state index in [1.165, 1.54) is 4.88 Å². The van der Waals surface area contributed by atoms with Gasteiger partial charge in [-0.25, -0.2) is 0 Å². The highest BCUT2D eigenvalue weighted by Gasteiger charge is 2.18. The van der Waals surface area contributed by atoms with Gasteiger partial charge >= 0.3 is 0 Å². The zero-order valence-corrected chi connectivity index (χ0v) is 11.5. The standard InChI is InChI=1S/C12H18ClNOS/c1-4-9-5-6-10(16-9)11(15)14-8-12(2,3)7-13/h5-6H,4,7-8H2,1-3H3,(H,14,15). The summed E-state index contributed by atoms with van der Waals surface area (Å²) >= 11 is 7.35. The number of carbonyl (C=O) groups excluding carboxylic acids is 1. The molecule has 0 saturated heterocycles. The highest BCUT2D eigenvalue weighted by Crippen LogP contribution is 2.18. The Labute approximate surface area is 106 Å². The molecule has 2 nitrogen and oxygen atoms in total. The van der Waals surface area contributed by atoms with Crippen LogP contribution in [0.3, 0.4) is 0 Å². The summed E-state index contributed by atoms with van der Waals surface area (Å²) in [7, 11) is 0. The molecule has 0 aliphatic rings. The van der Waals surface area contributed by atoms with E-state index in [0.29, 0.717) is 12.4 Å². The van der Waals surface area contributed by atoms with Crippen molar-refractivity contribution >= 4 is 28.8 Å². The molecule has 1 heterocycles. The van der Waals surface area contributed by atoms with Crippen LogP contribution in [0.4, 0.5) is 0 Å². The lowest BCUT2D eigenvalue weighted by atomic mass is 9.96. The van der Waals surface area contributed by atoms with E-state index in [1.54, 1.807) is 11.3 Å². The van der Waals surface area contributed by atoms with E-state index < -0.39 is 0 Å². The quantitative estimate of drug-likeness (QED) is 0.808. The van der Waals surface area contributed by atoms with E-state index in [1.807, 2.05) is 26.0 Å². The molecular weight excluding hydrogens is 242 g/mol. The van der Waals surface area contributed by atoms with Gasteiger partial charge in [0.25, 0.3) is 5.91 Å². The molecular formula is C12H18ClNOS. The SMILES string of the molecule is CCc1ccc(C(=O)NCC(C)(C)CCl)s1. The van der Waals surface area contributed by atoms with Gasteiger partial charge in [0, 0.05) is 17.3 Å². The van der Waals surface area contributed by atoms with Crippen LogP contribution in [0.5, 0.6) is 0 Å². The highest BCUT2D eigenvalue weighted by atomic mass is 35.5. The van der Waals surface area contributed by atoms with Gasteiger partial charge < -0.3 is 5.32 Å². The molecule has 90 valence electrons. The number of carbonyl (C=O) groups is 1. The minimum atomic E-state index is -0.0535. The number of hydrogen-bond donors (Lipinski definition) is 1. The largest absolute Gasteiger partial charge is 0.351 e. The van der Waals surface area contributed by atoms with Gasteiger partial charge in [-0.3, -0.25) is 4.79 Å². The molecule has 1 rings (SSSR count). The number of aryl methyl sites for hydroxylation is 1. The summed E-state index contributed by atoms with van der Waals surface area (Å²) < 4.78 is 0. The summed E-state index contributed by atoms with van der Waals surface area (Å²) in [6.07, 6.45) is 0.977. The zero-order valence-electron chi connectivity index (χ0n) is 9.97. The number of amides is 1. The molecule has 16 heavy (non-hydrogen) atoms. The molecule has 1 aromatic heterocycles. The van der Waals surface area contributed by atoms with Crippen LogP contribution >= 0.6 is 22.9 Å². The van der Waals surface area contributed by atoms with Gasteiger partial charge in [0.05, 0.1) is 4.88 Å². The van der Waals surface area contributed by atoms with E-state index in [-0.39, 0.29) is 11.3 Å². The average Bonchev–Trinajstić information content (AvgIpc) is 2.74. The molecule has 0 radical (unpaired) electrons. The van der Waals surface area contributed by atoms with Gasteiger partial charge in [-0.05, 0) is 24.0 Å². The fourth-order valence-electron chi connectivity index (χ4n) is 1.14. The van der Waals surface area contributed by atoms with Crippen LogP contribution in [0, 0.1) is 5.41 Å². The van der Waals surface area contributed by atoms with Crippen molar-refractivity contribution in [3.63, 3.8) is 0 Å². The fourth-order valence-corrected chi connectivity index (χ4v) is 2.10. The number of rotatable bonds is 5. The average molecular weight is 260 g/mol. The Morgan fingerprint density at radius 2 is 2.19 bits per heavy atom. The topological polar surface area (TPSA) is 29.1 Å². The summed E-state index contributed by atoms with van der Waals surface area (Å²) in [5.74, 6) is 0.542. The van der Waals surface area contributed by atoms with Crippen LogP contribution in [0.15, 0.2) is 12.1 Å². The number of nitrogens with one attached hydrogen (secondary N) is 1. The van der Waals surface area contributed by atoms with Crippen LogP contribution < -0.4 is 5.32 Å². The Balaban J connectivity index is 2.53. The van der Waals surface area contributed by atoms with Gasteiger partial charge in [0.2, 0.25) is 0 Å². The number of halogens is 1. The normalized spacial score (nSPS) is 11.5. The summed E-state index contributed by atoms with van der Waals surface area (Å²) in [6, 6.07) is 3.89.